The van der Waals surface area contributed by atoms with Gasteiger partial charge in [-0.25, -0.2) is 0 Å². The number of primary amides is 1. The number of furan rings is 1. The highest BCUT2D eigenvalue weighted by Gasteiger charge is 2.08. The largest absolute Gasteiger partial charge is 0.457 e. The van der Waals surface area contributed by atoms with Crippen molar-refractivity contribution in [3.05, 3.63) is 52.8 Å². The van der Waals surface area contributed by atoms with Crippen LogP contribution in [0.5, 0.6) is 0 Å². The van der Waals surface area contributed by atoms with E-state index in [0.29, 0.717) is 16.5 Å². The Labute approximate surface area is 110 Å². The fraction of sp³-hybridized carbons (Fsp3) is 0.0714. The van der Waals surface area contributed by atoms with Gasteiger partial charge >= 0.3 is 0 Å². The molecule has 0 aliphatic heterocycles. The van der Waals surface area contributed by atoms with E-state index in [1.807, 2.05) is 31.2 Å². The molecule has 0 aliphatic rings. The van der Waals surface area contributed by atoms with Crippen molar-refractivity contribution in [2.24, 2.45) is 5.73 Å². The van der Waals surface area contributed by atoms with Gasteiger partial charge in [0.2, 0.25) is 5.91 Å². The Morgan fingerprint density at radius 3 is 2.83 bits per heavy atom. The third-order valence-corrected chi connectivity index (χ3v) is 2.98. The van der Waals surface area contributed by atoms with Gasteiger partial charge in [0, 0.05) is 16.7 Å². The van der Waals surface area contributed by atoms with Crippen molar-refractivity contribution < 1.29 is 9.21 Å². The Hall–Kier alpha value is -2.00. The standard InChI is InChI=1S/C14H12ClNO2/c1-9-11(3-2-4-12(9)15)13-7-5-10(18-13)6-8-14(16)17/h2-8H,1H3,(H2,16,17)/b8-6+. The quantitative estimate of drug-likeness (QED) is 0.861. The van der Waals surface area contributed by atoms with E-state index in [4.69, 9.17) is 21.8 Å². The molecule has 2 N–H and O–H groups in total. The van der Waals surface area contributed by atoms with Gasteiger partial charge in [0.25, 0.3) is 0 Å². The highest BCUT2D eigenvalue weighted by molar-refractivity contribution is 6.31. The number of carbonyl (C=O) groups excluding carboxylic acids is 1. The maximum absolute atomic E-state index is 10.6. The van der Waals surface area contributed by atoms with Crippen molar-refractivity contribution in [2.45, 2.75) is 6.92 Å². The lowest BCUT2D eigenvalue weighted by Crippen LogP contribution is -2.04. The van der Waals surface area contributed by atoms with Crippen LogP contribution in [0.3, 0.4) is 0 Å². The van der Waals surface area contributed by atoms with Crippen molar-refractivity contribution in [3.8, 4) is 11.3 Å². The van der Waals surface area contributed by atoms with Crippen LogP contribution in [0.4, 0.5) is 0 Å². The fourth-order valence-electron chi connectivity index (χ4n) is 1.63. The van der Waals surface area contributed by atoms with Gasteiger partial charge in [0.15, 0.2) is 0 Å². The second-order valence-corrected chi connectivity index (χ2v) is 4.26. The lowest BCUT2D eigenvalue weighted by atomic mass is 10.1. The minimum atomic E-state index is -0.508. The number of hydrogen-bond donors (Lipinski definition) is 1. The van der Waals surface area contributed by atoms with Crippen LogP contribution in [-0.4, -0.2) is 5.91 Å². The van der Waals surface area contributed by atoms with E-state index in [9.17, 15) is 4.79 Å². The number of amides is 1. The summed E-state index contributed by atoms with van der Waals surface area (Å²) in [4.78, 5) is 10.6. The summed E-state index contributed by atoms with van der Waals surface area (Å²) in [5, 5.41) is 0.693. The van der Waals surface area contributed by atoms with Crippen molar-refractivity contribution in [2.75, 3.05) is 0 Å². The minimum Gasteiger partial charge on any atom is -0.457 e. The van der Waals surface area contributed by atoms with E-state index in [1.54, 1.807) is 6.07 Å². The number of nitrogens with two attached hydrogens (primary N) is 1. The van der Waals surface area contributed by atoms with Gasteiger partial charge in [-0.05, 0) is 36.8 Å². The van der Waals surface area contributed by atoms with Crippen LogP contribution < -0.4 is 5.73 Å². The van der Waals surface area contributed by atoms with Gasteiger partial charge in [0.05, 0.1) is 0 Å². The first kappa shape index (κ1) is 12.5. The van der Waals surface area contributed by atoms with Gasteiger partial charge in [-0.15, -0.1) is 0 Å². The molecule has 0 saturated carbocycles. The summed E-state index contributed by atoms with van der Waals surface area (Å²) in [6, 6.07) is 9.24. The lowest BCUT2D eigenvalue weighted by Gasteiger charge is -2.03. The fourth-order valence-corrected chi connectivity index (χ4v) is 1.80. The first-order chi connectivity index (χ1) is 8.58. The summed E-state index contributed by atoms with van der Waals surface area (Å²) in [5.41, 5.74) is 6.91. The summed E-state index contributed by atoms with van der Waals surface area (Å²) in [6.07, 6.45) is 2.79. The van der Waals surface area contributed by atoms with Crippen LogP contribution in [-0.2, 0) is 4.79 Å². The van der Waals surface area contributed by atoms with Crippen LogP contribution in [0.25, 0.3) is 17.4 Å². The monoisotopic (exact) mass is 261 g/mol. The number of carbonyl (C=O) groups is 1. The molecule has 4 heteroatoms. The Balaban J connectivity index is 2.35. The molecule has 0 radical (unpaired) electrons. The van der Waals surface area contributed by atoms with Gasteiger partial charge in [-0.1, -0.05) is 23.7 Å². The Morgan fingerprint density at radius 2 is 2.11 bits per heavy atom. The molecular formula is C14H12ClNO2. The van der Waals surface area contributed by atoms with E-state index in [2.05, 4.69) is 0 Å². The predicted octanol–water partition coefficient (Wildman–Crippen LogP) is 3.41. The van der Waals surface area contributed by atoms with E-state index in [0.717, 1.165) is 11.1 Å². The molecule has 18 heavy (non-hydrogen) atoms. The average Bonchev–Trinajstić information content (AvgIpc) is 2.78. The molecule has 2 aromatic rings. The first-order valence-electron chi connectivity index (χ1n) is 5.41. The van der Waals surface area contributed by atoms with Crippen molar-refractivity contribution >= 4 is 23.6 Å². The SMILES string of the molecule is Cc1c(Cl)cccc1-c1ccc(/C=C/C(N)=O)o1. The molecule has 0 fully saturated rings. The Morgan fingerprint density at radius 1 is 1.33 bits per heavy atom. The second-order valence-electron chi connectivity index (χ2n) is 3.85. The van der Waals surface area contributed by atoms with Crippen LogP contribution in [0.2, 0.25) is 5.02 Å². The lowest BCUT2D eigenvalue weighted by molar-refractivity contribution is -0.113. The number of rotatable bonds is 3. The van der Waals surface area contributed by atoms with Crippen molar-refractivity contribution in [1.82, 2.24) is 0 Å². The minimum absolute atomic E-state index is 0.508. The zero-order valence-electron chi connectivity index (χ0n) is 9.81. The smallest absolute Gasteiger partial charge is 0.241 e. The summed E-state index contributed by atoms with van der Waals surface area (Å²) in [5.74, 6) is 0.772. The molecule has 0 bridgehead atoms. The molecule has 0 saturated heterocycles. The molecule has 3 nitrogen and oxygen atoms in total. The molecule has 1 aromatic carbocycles. The molecule has 0 spiro atoms. The van der Waals surface area contributed by atoms with Crippen LogP contribution in [0, 0.1) is 6.92 Å². The normalized spacial score (nSPS) is 11.0. The van der Waals surface area contributed by atoms with E-state index < -0.39 is 5.91 Å². The number of halogens is 1. The van der Waals surface area contributed by atoms with E-state index in [-0.39, 0.29) is 0 Å². The first-order valence-corrected chi connectivity index (χ1v) is 5.78. The number of benzene rings is 1. The van der Waals surface area contributed by atoms with Gasteiger partial charge < -0.3 is 10.2 Å². The van der Waals surface area contributed by atoms with Crippen LogP contribution >= 0.6 is 11.6 Å². The molecule has 0 unspecified atom stereocenters. The molecule has 1 aromatic heterocycles. The van der Waals surface area contributed by atoms with E-state index in [1.165, 1.54) is 12.2 Å². The van der Waals surface area contributed by atoms with Gasteiger partial charge in [-0.3, -0.25) is 4.79 Å². The maximum atomic E-state index is 10.6. The van der Waals surface area contributed by atoms with E-state index >= 15 is 0 Å². The second kappa shape index (κ2) is 5.10. The summed E-state index contributed by atoms with van der Waals surface area (Å²) < 4.78 is 5.60. The summed E-state index contributed by atoms with van der Waals surface area (Å²) in [6.45, 7) is 1.93. The highest BCUT2D eigenvalue weighted by Crippen LogP contribution is 2.29. The molecule has 2 rings (SSSR count). The maximum Gasteiger partial charge on any atom is 0.241 e. The third kappa shape index (κ3) is 2.63. The predicted molar refractivity (Wildman–Crippen MR) is 72.1 cm³/mol. The van der Waals surface area contributed by atoms with Crippen LogP contribution in [0.15, 0.2) is 40.8 Å². The summed E-state index contributed by atoms with van der Waals surface area (Å²) in [7, 11) is 0. The zero-order valence-corrected chi connectivity index (χ0v) is 10.6. The van der Waals surface area contributed by atoms with Gasteiger partial charge in [0.1, 0.15) is 11.5 Å². The molecule has 92 valence electrons. The topological polar surface area (TPSA) is 56.2 Å². The Bertz CT molecular complexity index is 614. The Kier molecular flexibility index (Phi) is 3.53. The summed E-state index contributed by atoms with van der Waals surface area (Å²) >= 11 is 6.06. The zero-order chi connectivity index (χ0) is 13.1. The number of hydrogen-bond acceptors (Lipinski definition) is 2. The molecule has 0 atom stereocenters. The molecular weight excluding hydrogens is 250 g/mol. The third-order valence-electron chi connectivity index (χ3n) is 2.57. The highest BCUT2D eigenvalue weighted by atomic mass is 35.5. The van der Waals surface area contributed by atoms with Crippen molar-refractivity contribution in [1.29, 1.82) is 0 Å². The molecule has 1 amide bonds. The van der Waals surface area contributed by atoms with Crippen LogP contribution in [0.1, 0.15) is 11.3 Å². The molecule has 1 heterocycles. The van der Waals surface area contributed by atoms with Gasteiger partial charge in [-0.2, -0.15) is 0 Å². The average molecular weight is 262 g/mol. The van der Waals surface area contributed by atoms with Crippen molar-refractivity contribution in [3.63, 3.8) is 0 Å². The molecule has 0 aliphatic carbocycles.